The molecule has 0 spiro atoms. The number of aliphatic hydroxyl groups excluding tert-OH is 1. The molecule has 3 N–H and O–H groups in total. The predicted octanol–water partition coefficient (Wildman–Crippen LogP) is 4.88. The Morgan fingerprint density at radius 2 is 1.67 bits per heavy atom. The Kier molecular flexibility index (Phi) is 16.2. The number of hydrogen-bond acceptors (Lipinski definition) is 5. The van der Waals surface area contributed by atoms with Gasteiger partial charge in [0.25, 0.3) is 0 Å². The zero-order valence-corrected chi connectivity index (χ0v) is 20.1. The molecule has 0 bridgehead atoms. The number of halogens is 4. The summed E-state index contributed by atoms with van der Waals surface area (Å²) in [5.74, 6) is 1.16. The summed E-state index contributed by atoms with van der Waals surface area (Å²) in [6.45, 7) is 5.98. The van der Waals surface area contributed by atoms with Crippen molar-refractivity contribution in [1.29, 1.82) is 0 Å². The lowest BCUT2D eigenvalue weighted by Gasteiger charge is -2.16. The van der Waals surface area contributed by atoms with Crippen molar-refractivity contribution < 1.29 is 14.6 Å². The number of aliphatic hydroxyl groups is 1. The largest absolute Gasteiger partial charge is 0.490 e. The van der Waals surface area contributed by atoms with Crippen molar-refractivity contribution in [1.82, 2.24) is 10.6 Å². The first-order valence-electron chi connectivity index (χ1n) is 9.49. The van der Waals surface area contributed by atoms with E-state index in [1.807, 2.05) is 43.3 Å². The van der Waals surface area contributed by atoms with E-state index < -0.39 is 0 Å². The van der Waals surface area contributed by atoms with E-state index in [4.69, 9.17) is 37.8 Å². The third kappa shape index (κ3) is 9.92. The third-order valence-electron chi connectivity index (χ3n) is 4.02. The van der Waals surface area contributed by atoms with Crippen LogP contribution in [0.25, 0.3) is 0 Å². The smallest absolute Gasteiger partial charge is 0.180 e. The maximum atomic E-state index is 8.73. The van der Waals surface area contributed by atoms with Gasteiger partial charge in [0.2, 0.25) is 0 Å². The van der Waals surface area contributed by atoms with Crippen LogP contribution in [0.5, 0.6) is 11.5 Å². The molecule has 0 amide bonds. The van der Waals surface area contributed by atoms with Crippen LogP contribution in [0.3, 0.4) is 0 Å². The van der Waals surface area contributed by atoms with E-state index in [0.717, 1.165) is 30.6 Å². The number of benzene rings is 2. The van der Waals surface area contributed by atoms with Crippen molar-refractivity contribution in [2.45, 2.75) is 26.5 Å². The van der Waals surface area contributed by atoms with Crippen LogP contribution >= 0.6 is 48.0 Å². The summed E-state index contributed by atoms with van der Waals surface area (Å²) in [4.78, 5) is 0. The Labute approximate surface area is 201 Å². The molecule has 0 aliphatic carbocycles. The summed E-state index contributed by atoms with van der Waals surface area (Å²) in [6, 6.07) is 11.4. The zero-order valence-electron chi connectivity index (χ0n) is 17.0. The lowest BCUT2D eigenvalue weighted by Crippen LogP contribution is -2.23. The minimum Gasteiger partial charge on any atom is -0.490 e. The highest BCUT2D eigenvalue weighted by molar-refractivity contribution is 6.32. The highest BCUT2D eigenvalue weighted by atomic mass is 35.5. The van der Waals surface area contributed by atoms with Crippen molar-refractivity contribution in [2.75, 3.05) is 32.8 Å². The maximum absolute atomic E-state index is 8.73. The van der Waals surface area contributed by atoms with Crippen LogP contribution in [-0.2, 0) is 13.2 Å². The van der Waals surface area contributed by atoms with Crippen LogP contribution in [0, 0.1) is 0 Å². The average molecular weight is 500 g/mol. The van der Waals surface area contributed by atoms with Crippen molar-refractivity contribution in [3.63, 3.8) is 0 Å². The highest BCUT2D eigenvalue weighted by Gasteiger charge is 2.13. The second-order valence-corrected chi connectivity index (χ2v) is 7.04. The first-order valence-corrected chi connectivity index (χ1v) is 10.2. The molecule has 0 aliphatic rings. The molecular weight excluding hydrogens is 470 g/mol. The number of rotatable bonds is 13. The molecule has 0 aromatic heterocycles. The fourth-order valence-electron chi connectivity index (χ4n) is 2.67. The molecule has 0 atom stereocenters. The number of ether oxygens (including phenoxy) is 2. The second-order valence-electron chi connectivity index (χ2n) is 6.22. The number of hydrogen-bond donors (Lipinski definition) is 3. The molecule has 0 unspecified atom stereocenters. The molecule has 0 saturated carbocycles. The minimum atomic E-state index is 0. The molecule has 0 fully saturated rings. The van der Waals surface area contributed by atoms with Gasteiger partial charge in [-0.25, -0.2) is 0 Å². The van der Waals surface area contributed by atoms with E-state index >= 15 is 0 Å². The molecule has 0 aliphatic heterocycles. The van der Waals surface area contributed by atoms with Gasteiger partial charge in [0.1, 0.15) is 6.61 Å². The van der Waals surface area contributed by atoms with E-state index in [2.05, 4.69) is 10.6 Å². The SMILES string of the molecule is CCOc1cc(CNCCCNCCO)cc(Cl)c1OCc1ccccc1Cl.Cl.Cl. The highest BCUT2D eigenvalue weighted by Crippen LogP contribution is 2.37. The lowest BCUT2D eigenvalue weighted by atomic mass is 10.2. The molecular formula is C21H30Cl4N2O3. The van der Waals surface area contributed by atoms with Crippen LogP contribution < -0.4 is 20.1 Å². The normalized spacial score (nSPS) is 10.1. The van der Waals surface area contributed by atoms with Gasteiger partial charge in [-0.1, -0.05) is 41.4 Å². The van der Waals surface area contributed by atoms with Crippen LogP contribution in [-0.4, -0.2) is 38.0 Å². The molecule has 0 heterocycles. The third-order valence-corrected chi connectivity index (χ3v) is 4.67. The van der Waals surface area contributed by atoms with E-state index in [9.17, 15) is 0 Å². The van der Waals surface area contributed by atoms with E-state index in [1.54, 1.807) is 0 Å². The molecule has 0 radical (unpaired) electrons. The molecule has 2 rings (SSSR count). The Morgan fingerprint density at radius 1 is 0.933 bits per heavy atom. The quantitative estimate of drug-likeness (QED) is 0.343. The van der Waals surface area contributed by atoms with Gasteiger partial charge in [0.15, 0.2) is 11.5 Å². The standard InChI is InChI=1S/C21H28Cl2N2O3.2ClH/c1-2-27-20-13-16(14-25-9-5-8-24-10-11-26)12-19(23)21(20)28-15-17-6-3-4-7-18(17)22;;/h3-4,6-7,12-13,24-26H,2,5,8-11,14-15H2,1H3;2*1H. The zero-order chi connectivity index (χ0) is 20.2. The molecule has 5 nitrogen and oxygen atoms in total. The fraction of sp³-hybridized carbons (Fsp3) is 0.429. The minimum absolute atomic E-state index is 0. The summed E-state index contributed by atoms with van der Waals surface area (Å²) in [5.41, 5.74) is 1.92. The van der Waals surface area contributed by atoms with E-state index in [1.165, 1.54) is 0 Å². The summed E-state index contributed by atoms with van der Waals surface area (Å²) in [7, 11) is 0. The van der Waals surface area contributed by atoms with Crippen LogP contribution in [0.15, 0.2) is 36.4 Å². The fourth-order valence-corrected chi connectivity index (χ4v) is 3.15. The van der Waals surface area contributed by atoms with Gasteiger partial charge in [-0.15, -0.1) is 24.8 Å². The Hall–Kier alpha value is -0.920. The van der Waals surface area contributed by atoms with Gasteiger partial charge in [-0.3, -0.25) is 0 Å². The van der Waals surface area contributed by atoms with Crippen molar-refractivity contribution in [2.24, 2.45) is 0 Å². The van der Waals surface area contributed by atoms with Crippen LogP contribution in [0.4, 0.5) is 0 Å². The summed E-state index contributed by atoms with van der Waals surface area (Å²) in [5, 5.41) is 16.4. The Morgan fingerprint density at radius 3 is 2.37 bits per heavy atom. The molecule has 2 aromatic carbocycles. The Balaban J connectivity index is 0.00000420. The topological polar surface area (TPSA) is 62.8 Å². The van der Waals surface area contributed by atoms with Crippen LogP contribution in [0.2, 0.25) is 10.0 Å². The first-order chi connectivity index (χ1) is 13.7. The van der Waals surface area contributed by atoms with E-state index in [0.29, 0.717) is 47.8 Å². The maximum Gasteiger partial charge on any atom is 0.180 e. The van der Waals surface area contributed by atoms with Crippen LogP contribution in [0.1, 0.15) is 24.5 Å². The summed E-state index contributed by atoms with van der Waals surface area (Å²) >= 11 is 12.7. The second kappa shape index (κ2) is 16.7. The molecule has 0 saturated heterocycles. The Bertz CT molecular complexity index is 735. The van der Waals surface area contributed by atoms with Gasteiger partial charge in [-0.05, 0) is 50.2 Å². The van der Waals surface area contributed by atoms with Crippen molar-refractivity contribution in [3.05, 3.63) is 57.6 Å². The van der Waals surface area contributed by atoms with Gasteiger partial charge in [0, 0.05) is 23.7 Å². The van der Waals surface area contributed by atoms with E-state index in [-0.39, 0.29) is 31.4 Å². The van der Waals surface area contributed by atoms with Crippen molar-refractivity contribution in [3.8, 4) is 11.5 Å². The first kappa shape index (κ1) is 29.1. The molecule has 9 heteroatoms. The number of nitrogens with one attached hydrogen (secondary N) is 2. The van der Waals surface area contributed by atoms with Gasteiger partial charge >= 0.3 is 0 Å². The summed E-state index contributed by atoms with van der Waals surface area (Å²) < 4.78 is 11.7. The average Bonchev–Trinajstić information content (AvgIpc) is 2.68. The summed E-state index contributed by atoms with van der Waals surface area (Å²) in [6.07, 6.45) is 0.977. The molecule has 2 aromatic rings. The predicted molar refractivity (Wildman–Crippen MR) is 129 cm³/mol. The molecule has 30 heavy (non-hydrogen) atoms. The van der Waals surface area contributed by atoms with Gasteiger partial charge < -0.3 is 25.2 Å². The lowest BCUT2D eigenvalue weighted by molar-refractivity contribution is 0.269. The molecule has 170 valence electrons. The monoisotopic (exact) mass is 498 g/mol. The van der Waals surface area contributed by atoms with Gasteiger partial charge in [-0.2, -0.15) is 0 Å². The van der Waals surface area contributed by atoms with Crippen molar-refractivity contribution >= 4 is 48.0 Å². The van der Waals surface area contributed by atoms with Gasteiger partial charge in [0.05, 0.1) is 18.2 Å².